The molecule has 166 valence electrons. The van der Waals surface area contributed by atoms with E-state index in [9.17, 15) is 4.79 Å². The average Bonchev–Trinajstić information content (AvgIpc) is 3.29. The van der Waals surface area contributed by atoms with Crippen LogP contribution in [0.1, 0.15) is 11.1 Å². The number of fused-ring (bicyclic) bond motifs is 3. The van der Waals surface area contributed by atoms with Gasteiger partial charge in [0.05, 0.1) is 23.4 Å². The van der Waals surface area contributed by atoms with Gasteiger partial charge in [0.15, 0.2) is 0 Å². The summed E-state index contributed by atoms with van der Waals surface area (Å²) in [7, 11) is 0. The maximum absolute atomic E-state index is 12.5. The number of rotatable bonds is 5. The van der Waals surface area contributed by atoms with Crippen LogP contribution in [0.5, 0.6) is 0 Å². The Morgan fingerprint density at radius 2 is 1.81 bits per heavy atom. The largest absolute Gasteiger partial charge is 0.325 e. The molecule has 1 aliphatic rings. The van der Waals surface area contributed by atoms with Crippen LogP contribution >= 0.6 is 23.6 Å². The number of benzene rings is 2. The second-order valence-corrected chi connectivity index (χ2v) is 9.68. The van der Waals surface area contributed by atoms with Crippen LogP contribution in [-0.2, 0) is 11.5 Å². The molecule has 5 rings (SSSR count). The number of thiazole rings is 1. The molecular weight excluding hydrogens is 440 g/mol. The first-order valence-corrected chi connectivity index (χ1v) is 12.0. The molecule has 1 N–H and O–H groups in total. The lowest BCUT2D eigenvalue weighted by atomic mass is 10.1. The highest BCUT2D eigenvalue weighted by atomic mass is 32.1. The van der Waals surface area contributed by atoms with Gasteiger partial charge >= 0.3 is 0 Å². The van der Waals surface area contributed by atoms with E-state index in [1.165, 1.54) is 10.3 Å². The molecule has 7 nitrogen and oxygen atoms in total. The molecule has 0 radical (unpaired) electrons. The van der Waals surface area contributed by atoms with E-state index in [0.717, 1.165) is 52.7 Å². The molecule has 1 aliphatic heterocycles. The quantitative estimate of drug-likeness (QED) is 0.452. The Morgan fingerprint density at radius 1 is 1.06 bits per heavy atom. The van der Waals surface area contributed by atoms with Gasteiger partial charge in [-0.2, -0.15) is 0 Å². The number of hydrogen-bond donors (Lipinski definition) is 1. The molecule has 32 heavy (non-hydrogen) atoms. The summed E-state index contributed by atoms with van der Waals surface area (Å²) in [6.45, 7) is 8.63. The molecule has 0 aliphatic carbocycles. The van der Waals surface area contributed by atoms with Gasteiger partial charge in [0.2, 0.25) is 15.6 Å². The van der Waals surface area contributed by atoms with Gasteiger partial charge in [0.1, 0.15) is 0 Å². The molecule has 2 aromatic heterocycles. The molecule has 0 spiro atoms. The summed E-state index contributed by atoms with van der Waals surface area (Å²) < 4.78 is 5.90. The minimum absolute atomic E-state index is 0.0376. The Morgan fingerprint density at radius 3 is 2.62 bits per heavy atom. The maximum atomic E-state index is 12.5. The van der Waals surface area contributed by atoms with E-state index in [2.05, 4.69) is 44.6 Å². The second-order valence-electron chi connectivity index (χ2n) is 8.30. The van der Waals surface area contributed by atoms with Crippen molar-refractivity contribution in [3.63, 3.8) is 0 Å². The van der Waals surface area contributed by atoms with Crippen molar-refractivity contribution in [1.82, 2.24) is 24.0 Å². The molecule has 0 bridgehead atoms. The molecule has 0 unspecified atom stereocenters. The molecule has 3 heterocycles. The van der Waals surface area contributed by atoms with Gasteiger partial charge < -0.3 is 5.32 Å². The van der Waals surface area contributed by atoms with Crippen molar-refractivity contribution in [2.75, 3.05) is 38.0 Å². The molecular formula is C23H26N6OS2. The van der Waals surface area contributed by atoms with E-state index in [4.69, 9.17) is 17.3 Å². The zero-order valence-corrected chi connectivity index (χ0v) is 19.9. The minimum atomic E-state index is 0.0376. The fourth-order valence-corrected chi connectivity index (χ4v) is 5.50. The fourth-order valence-electron chi connectivity index (χ4n) is 4.14. The number of aromatic nitrogens is 3. The van der Waals surface area contributed by atoms with Crippen LogP contribution in [0.25, 0.3) is 15.2 Å². The van der Waals surface area contributed by atoms with Gasteiger partial charge in [0.25, 0.3) is 0 Å². The SMILES string of the molecule is Cc1cccc(NC(=O)CN2CCN(Cn3nc4sc5ccccc5n4c3=S)CC2)c1C. The number of carbonyl (C=O) groups excluding carboxylic acids is 1. The van der Waals surface area contributed by atoms with Crippen LogP contribution < -0.4 is 5.32 Å². The van der Waals surface area contributed by atoms with E-state index in [0.29, 0.717) is 13.2 Å². The van der Waals surface area contributed by atoms with Crippen LogP contribution in [0.15, 0.2) is 42.5 Å². The Labute approximate surface area is 195 Å². The number of para-hydroxylation sites is 1. The van der Waals surface area contributed by atoms with Crippen LogP contribution in [0.4, 0.5) is 5.69 Å². The summed E-state index contributed by atoms with van der Waals surface area (Å²) in [6.07, 6.45) is 0. The second kappa shape index (κ2) is 8.74. The van der Waals surface area contributed by atoms with Crippen LogP contribution in [0.3, 0.4) is 0 Å². The first kappa shape index (κ1) is 21.3. The van der Waals surface area contributed by atoms with Crippen LogP contribution in [0.2, 0.25) is 0 Å². The highest BCUT2D eigenvalue weighted by Crippen LogP contribution is 2.25. The lowest BCUT2D eigenvalue weighted by molar-refractivity contribution is -0.117. The fraction of sp³-hybridized carbons (Fsp3) is 0.348. The van der Waals surface area contributed by atoms with Gasteiger partial charge in [-0.1, -0.05) is 35.6 Å². The molecule has 9 heteroatoms. The monoisotopic (exact) mass is 466 g/mol. The number of hydrogen-bond acceptors (Lipinski definition) is 6. The maximum Gasteiger partial charge on any atom is 0.238 e. The standard InChI is InChI=1S/C23H26N6OS2/c1-16-6-5-7-18(17(16)2)24-21(30)14-26-10-12-27(13-11-26)15-28-23(31)29-19-8-3-4-9-20(19)32-22(29)25-28/h3-9H,10-15H2,1-2H3,(H,24,30). The van der Waals surface area contributed by atoms with Gasteiger partial charge in [0, 0.05) is 31.9 Å². The average molecular weight is 467 g/mol. The van der Waals surface area contributed by atoms with Gasteiger partial charge in [-0.05, 0) is 55.4 Å². The predicted octanol–water partition coefficient (Wildman–Crippen LogP) is 3.91. The zero-order valence-electron chi connectivity index (χ0n) is 18.2. The topological polar surface area (TPSA) is 57.8 Å². The van der Waals surface area contributed by atoms with Gasteiger partial charge in [-0.15, -0.1) is 5.10 Å². The summed E-state index contributed by atoms with van der Waals surface area (Å²) in [4.78, 5) is 18.0. The lowest BCUT2D eigenvalue weighted by Gasteiger charge is -2.34. The van der Waals surface area contributed by atoms with Crippen molar-refractivity contribution in [2.24, 2.45) is 0 Å². The highest BCUT2D eigenvalue weighted by molar-refractivity contribution is 7.71. The molecule has 0 saturated carbocycles. The summed E-state index contributed by atoms with van der Waals surface area (Å²) in [5.41, 5.74) is 4.32. The minimum Gasteiger partial charge on any atom is -0.325 e. The number of carbonyl (C=O) groups is 1. The van der Waals surface area contributed by atoms with Crippen molar-refractivity contribution in [3.05, 3.63) is 58.4 Å². The number of piperazine rings is 1. The molecule has 4 aromatic rings. The van der Waals surface area contributed by atoms with Crippen LogP contribution in [0, 0.1) is 18.6 Å². The zero-order chi connectivity index (χ0) is 22.2. The third kappa shape index (κ3) is 4.09. The molecule has 1 saturated heterocycles. The number of amides is 1. The first-order chi connectivity index (χ1) is 15.5. The molecule has 1 fully saturated rings. The third-order valence-corrected chi connectivity index (χ3v) is 7.57. The molecule has 1 amide bonds. The summed E-state index contributed by atoms with van der Waals surface area (Å²) in [5, 5.41) is 7.81. The van der Waals surface area contributed by atoms with Crippen molar-refractivity contribution >= 4 is 50.3 Å². The highest BCUT2D eigenvalue weighted by Gasteiger charge is 2.21. The Kier molecular flexibility index (Phi) is 5.81. The smallest absolute Gasteiger partial charge is 0.238 e. The molecule has 0 atom stereocenters. The van der Waals surface area contributed by atoms with Crippen molar-refractivity contribution < 1.29 is 4.79 Å². The number of nitrogens with one attached hydrogen (secondary N) is 1. The van der Waals surface area contributed by atoms with Gasteiger partial charge in [-0.3, -0.25) is 19.0 Å². The Hall–Kier alpha value is -2.59. The molecule has 2 aromatic carbocycles. The van der Waals surface area contributed by atoms with Crippen molar-refractivity contribution in [2.45, 2.75) is 20.5 Å². The Balaban J connectivity index is 1.18. The normalized spacial score (nSPS) is 15.6. The summed E-state index contributed by atoms with van der Waals surface area (Å²) >= 11 is 7.38. The Bertz CT molecular complexity index is 1350. The lowest BCUT2D eigenvalue weighted by Crippen LogP contribution is -2.49. The van der Waals surface area contributed by atoms with E-state index in [1.54, 1.807) is 11.3 Å². The van der Waals surface area contributed by atoms with E-state index < -0.39 is 0 Å². The first-order valence-electron chi connectivity index (χ1n) is 10.8. The summed E-state index contributed by atoms with van der Waals surface area (Å²) in [6, 6.07) is 14.3. The third-order valence-electron chi connectivity index (χ3n) is 6.16. The van der Waals surface area contributed by atoms with Crippen LogP contribution in [-0.4, -0.2) is 62.6 Å². The van der Waals surface area contributed by atoms with E-state index >= 15 is 0 Å². The van der Waals surface area contributed by atoms with E-state index in [1.807, 2.05) is 35.9 Å². The summed E-state index contributed by atoms with van der Waals surface area (Å²) in [5.74, 6) is 0.0376. The van der Waals surface area contributed by atoms with Crippen molar-refractivity contribution in [3.8, 4) is 0 Å². The number of anilines is 1. The number of aryl methyl sites for hydroxylation is 1. The van der Waals surface area contributed by atoms with E-state index in [-0.39, 0.29) is 5.91 Å². The predicted molar refractivity (Wildman–Crippen MR) is 132 cm³/mol. The van der Waals surface area contributed by atoms with Gasteiger partial charge in [-0.25, -0.2) is 4.68 Å². The van der Waals surface area contributed by atoms with Crippen molar-refractivity contribution in [1.29, 1.82) is 0 Å². The number of nitrogens with zero attached hydrogens (tertiary/aromatic N) is 5.